The molecule has 0 aliphatic rings. The van der Waals surface area contributed by atoms with Crippen LogP contribution in [0.5, 0.6) is 0 Å². The second-order valence-electron chi connectivity index (χ2n) is 3.80. The topological polar surface area (TPSA) is 103 Å². The summed E-state index contributed by atoms with van der Waals surface area (Å²) >= 11 is 12.1. The molecule has 1 rings (SSSR count). The first kappa shape index (κ1) is 16.6. The number of ether oxygens (including phenoxy) is 1. The molecular weight excluding hydrogens is 303 g/mol. The lowest BCUT2D eigenvalue weighted by Gasteiger charge is -2.11. The maximum atomic E-state index is 11.2. The number of benzene rings is 1. The maximum Gasteiger partial charge on any atom is 0.319 e. The van der Waals surface area contributed by atoms with Gasteiger partial charge in [-0.05, 0) is 19.1 Å². The maximum absolute atomic E-state index is 11.2. The molecule has 0 atom stereocenters. The Labute approximate surface area is 127 Å². The molecule has 110 valence electrons. The minimum Gasteiger partial charge on any atom is -0.465 e. The summed E-state index contributed by atoms with van der Waals surface area (Å²) in [6.45, 7) is 2.41. The third-order valence-electron chi connectivity index (χ3n) is 2.30. The fourth-order valence-corrected chi connectivity index (χ4v) is 1.90. The summed E-state index contributed by atoms with van der Waals surface area (Å²) in [5, 5.41) is 3.62. The number of nitrogens with one attached hydrogen (secondary N) is 1. The molecular formula is C12H16Cl2N4O2. The number of carbonyl (C=O) groups is 1. The van der Waals surface area contributed by atoms with Crippen molar-refractivity contribution in [2.45, 2.75) is 13.5 Å². The van der Waals surface area contributed by atoms with Crippen molar-refractivity contribution in [2.75, 3.05) is 13.2 Å². The summed E-state index contributed by atoms with van der Waals surface area (Å²) in [5.74, 6) is -0.441. The normalized spacial score (nSPS) is 10.2. The van der Waals surface area contributed by atoms with E-state index in [0.29, 0.717) is 27.9 Å². The molecule has 0 spiro atoms. The second kappa shape index (κ2) is 7.94. The van der Waals surface area contributed by atoms with Crippen molar-refractivity contribution in [3.63, 3.8) is 0 Å². The van der Waals surface area contributed by atoms with Crippen LogP contribution in [0.2, 0.25) is 10.0 Å². The van der Waals surface area contributed by atoms with E-state index in [-0.39, 0.29) is 25.0 Å². The highest BCUT2D eigenvalue weighted by Crippen LogP contribution is 2.33. The summed E-state index contributed by atoms with van der Waals surface area (Å²) in [6.07, 6.45) is 0. The number of esters is 1. The first-order chi connectivity index (χ1) is 9.45. The summed E-state index contributed by atoms with van der Waals surface area (Å²) < 4.78 is 4.80. The van der Waals surface area contributed by atoms with E-state index < -0.39 is 0 Å². The van der Waals surface area contributed by atoms with E-state index in [1.165, 1.54) is 0 Å². The first-order valence-electron chi connectivity index (χ1n) is 5.88. The van der Waals surface area contributed by atoms with E-state index in [4.69, 9.17) is 39.4 Å². The third kappa shape index (κ3) is 4.88. The van der Waals surface area contributed by atoms with Gasteiger partial charge in [0, 0.05) is 12.1 Å². The molecule has 0 amide bonds. The van der Waals surface area contributed by atoms with Crippen molar-refractivity contribution in [2.24, 2.45) is 16.5 Å². The van der Waals surface area contributed by atoms with Gasteiger partial charge in [0.1, 0.15) is 0 Å². The molecule has 0 aromatic heterocycles. The van der Waals surface area contributed by atoms with Gasteiger partial charge < -0.3 is 21.5 Å². The van der Waals surface area contributed by atoms with Gasteiger partial charge in [-0.1, -0.05) is 23.2 Å². The Morgan fingerprint density at radius 2 is 2.10 bits per heavy atom. The number of hydrogen-bond acceptors (Lipinski definition) is 4. The number of hydrogen-bond donors (Lipinski definition) is 3. The molecule has 6 nitrogen and oxygen atoms in total. The molecule has 8 heteroatoms. The van der Waals surface area contributed by atoms with Gasteiger partial charge in [0.2, 0.25) is 0 Å². The van der Waals surface area contributed by atoms with Crippen molar-refractivity contribution in [1.82, 2.24) is 5.32 Å². The molecule has 0 aliphatic heterocycles. The SMILES string of the molecule is CCOC(=O)CNCc1c(N=C(N)N)ccc(Cl)c1Cl. The number of carbonyl (C=O) groups excluding carboxylic acids is 1. The predicted molar refractivity (Wildman–Crippen MR) is 80.3 cm³/mol. The Balaban J connectivity index is 2.84. The zero-order valence-corrected chi connectivity index (χ0v) is 12.5. The highest BCUT2D eigenvalue weighted by Gasteiger charge is 2.11. The summed E-state index contributed by atoms with van der Waals surface area (Å²) in [5.41, 5.74) is 11.8. The minimum absolute atomic E-state index is 0.0535. The standard InChI is InChI=1S/C12H16Cl2N4O2/c1-2-20-10(19)6-17-5-7-9(18-12(15)16)4-3-8(13)11(7)14/h3-4,17H,2,5-6H2,1H3,(H4,15,16,18). The molecule has 0 aliphatic carbocycles. The van der Waals surface area contributed by atoms with Crippen LogP contribution < -0.4 is 16.8 Å². The van der Waals surface area contributed by atoms with E-state index in [1.54, 1.807) is 19.1 Å². The smallest absolute Gasteiger partial charge is 0.319 e. The van der Waals surface area contributed by atoms with E-state index >= 15 is 0 Å². The molecule has 0 radical (unpaired) electrons. The van der Waals surface area contributed by atoms with Crippen LogP contribution in [-0.4, -0.2) is 25.1 Å². The molecule has 0 bridgehead atoms. The van der Waals surface area contributed by atoms with Crippen LogP contribution in [0.1, 0.15) is 12.5 Å². The zero-order chi connectivity index (χ0) is 15.1. The van der Waals surface area contributed by atoms with Crippen molar-refractivity contribution in [3.05, 3.63) is 27.7 Å². The van der Waals surface area contributed by atoms with E-state index in [9.17, 15) is 4.79 Å². The van der Waals surface area contributed by atoms with E-state index in [0.717, 1.165) is 0 Å². The van der Waals surface area contributed by atoms with Crippen LogP contribution in [0.25, 0.3) is 0 Å². The van der Waals surface area contributed by atoms with Crippen LogP contribution in [0.4, 0.5) is 5.69 Å². The molecule has 1 aromatic rings. The summed E-state index contributed by atoms with van der Waals surface area (Å²) in [6, 6.07) is 3.25. The van der Waals surface area contributed by atoms with Crippen molar-refractivity contribution >= 4 is 40.8 Å². The zero-order valence-electron chi connectivity index (χ0n) is 11.0. The van der Waals surface area contributed by atoms with Crippen LogP contribution in [0.3, 0.4) is 0 Å². The van der Waals surface area contributed by atoms with Crippen molar-refractivity contribution in [1.29, 1.82) is 0 Å². The number of nitrogens with two attached hydrogens (primary N) is 2. The Morgan fingerprint density at radius 1 is 1.40 bits per heavy atom. The number of rotatable bonds is 6. The van der Waals surface area contributed by atoms with Gasteiger partial charge in [-0.2, -0.15) is 0 Å². The first-order valence-corrected chi connectivity index (χ1v) is 6.64. The second-order valence-corrected chi connectivity index (χ2v) is 4.59. The molecule has 0 saturated carbocycles. The Hall–Kier alpha value is -1.50. The lowest BCUT2D eigenvalue weighted by molar-refractivity contribution is -0.142. The van der Waals surface area contributed by atoms with Crippen LogP contribution >= 0.6 is 23.2 Å². The minimum atomic E-state index is -0.353. The van der Waals surface area contributed by atoms with Gasteiger partial charge in [-0.3, -0.25) is 4.79 Å². The molecule has 0 saturated heterocycles. The molecule has 0 fully saturated rings. The van der Waals surface area contributed by atoms with Gasteiger partial charge in [0.05, 0.1) is 28.9 Å². The Morgan fingerprint density at radius 3 is 2.70 bits per heavy atom. The average molecular weight is 319 g/mol. The van der Waals surface area contributed by atoms with E-state index in [1.807, 2.05) is 0 Å². The van der Waals surface area contributed by atoms with Gasteiger partial charge in [-0.25, -0.2) is 4.99 Å². The third-order valence-corrected chi connectivity index (χ3v) is 3.14. The van der Waals surface area contributed by atoms with Crippen molar-refractivity contribution in [3.8, 4) is 0 Å². The fourth-order valence-electron chi connectivity index (χ4n) is 1.50. The highest BCUT2D eigenvalue weighted by molar-refractivity contribution is 6.42. The van der Waals surface area contributed by atoms with Gasteiger partial charge in [-0.15, -0.1) is 0 Å². The monoisotopic (exact) mass is 318 g/mol. The van der Waals surface area contributed by atoms with Crippen molar-refractivity contribution < 1.29 is 9.53 Å². The molecule has 0 heterocycles. The van der Waals surface area contributed by atoms with Gasteiger partial charge in [0.25, 0.3) is 0 Å². The van der Waals surface area contributed by atoms with Crippen LogP contribution in [0.15, 0.2) is 17.1 Å². The number of aliphatic imine (C=N–C) groups is 1. The lowest BCUT2D eigenvalue weighted by atomic mass is 10.1. The van der Waals surface area contributed by atoms with Gasteiger partial charge >= 0.3 is 5.97 Å². The molecule has 5 N–H and O–H groups in total. The molecule has 1 aromatic carbocycles. The number of nitrogens with zero attached hydrogens (tertiary/aromatic N) is 1. The van der Waals surface area contributed by atoms with Gasteiger partial charge in [0.15, 0.2) is 5.96 Å². The molecule has 0 unspecified atom stereocenters. The Bertz CT molecular complexity index is 516. The molecule has 20 heavy (non-hydrogen) atoms. The van der Waals surface area contributed by atoms with E-state index in [2.05, 4.69) is 10.3 Å². The lowest BCUT2D eigenvalue weighted by Crippen LogP contribution is -2.25. The number of halogens is 2. The summed E-state index contributed by atoms with van der Waals surface area (Å²) in [7, 11) is 0. The highest BCUT2D eigenvalue weighted by atomic mass is 35.5. The fraction of sp³-hybridized carbons (Fsp3) is 0.333. The van der Waals surface area contributed by atoms with Crippen LogP contribution in [-0.2, 0) is 16.1 Å². The Kier molecular flexibility index (Phi) is 6.57. The average Bonchev–Trinajstić information content (AvgIpc) is 2.37. The summed E-state index contributed by atoms with van der Waals surface area (Å²) in [4.78, 5) is 15.2. The quantitative estimate of drug-likeness (QED) is 0.419. The largest absolute Gasteiger partial charge is 0.465 e. The number of guanidine groups is 1. The van der Waals surface area contributed by atoms with Crippen LogP contribution in [0, 0.1) is 0 Å². The predicted octanol–water partition coefficient (Wildman–Crippen LogP) is 1.55.